The summed E-state index contributed by atoms with van der Waals surface area (Å²) in [6, 6.07) is 4.92. The Bertz CT molecular complexity index is 479. The topological polar surface area (TPSA) is 66.6 Å². The number of nitrogens with zero attached hydrogens (tertiary/aromatic N) is 1. The highest BCUT2D eigenvalue weighted by atomic mass is 16.4. The second-order valence-corrected chi connectivity index (χ2v) is 5.84. The maximum Gasteiger partial charge on any atom is 0.325 e. The van der Waals surface area contributed by atoms with E-state index in [-0.39, 0.29) is 0 Å². The Morgan fingerprint density at radius 1 is 1.25 bits per heavy atom. The molecule has 0 aromatic heterocycles. The predicted octanol–water partition coefficient (Wildman–Crippen LogP) is 2.88. The molecule has 1 heterocycles. The molecule has 0 radical (unpaired) electrons. The van der Waals surface area contributed by atoms with Crippen molar-refractivity contribution in [2.75, 3.05) is 18.0 Å². The highest BCUT2D eigenvalue weighted by Crippen LogP contribution is 2.31. The second-order valence-electron chi connectivity index (χ2n) is 5.84. The molecule has 1 aliphatic rings. The highest BCUT2D eigenvalue weighted by molar-refractivity contribution is 5.76. The van der Waals surface area contributed by atoms with E-state index in [0.29, 0.717) is 11.5 Å². The first-order valence-corrected chi connectivity index (χ1v) is 7.38. The smallest absolute Gasteiger partial charge is 0.325 e. The number of benzene rings is 1. The third kappa shape index (κ3) is 3.12. The fourth-order valence-corrected chi connectivity index (χ4v) is 2.79. The van der Waals surface area contributed by atoms with Crippen LogP contribution in [0.5, 0.6) is 0 Å². The van der Waals surface area contributed by atoms with Gasteiger partial charge in [0.1, 0.15) is 6.04 Å². The van der Waals surface area contributed by atoms with E-state index in [1.54, 1.807) is 0 Å². The molecule has 20 heavy (non-hydrogen) atoms. The van der Waals surface area contributed by atoms with E-state index in [1.807, 2.05) is 18.2 Å². The molecular weight excluding hydrogens is 252 g/mol. The number of hydrogen-bond donors (Lipinski definition) is 2. The van der Waals surface area contributed by atoms with Gasteiger partial charge in [0.15, 0.2) is 0 Å². The number of aliphatic carboxylic acids is 1. The number of rotatable bonds is 4. The van der Waals surface area contributed by atoms with Crippen LogP contribution in [0.2, 0.25) is 0 Å². The molecule has 0 unspecified atom stereocenters. The fourth-order valence-electron chi connectivity index (χ4n) is 2.79. The fraction of sp³-hybridized carbons (Fsp3) is 0.562. The molecule has 1 atom stereocenters. The molecule has 4 heteroatoms. The third-order valence-electron chi connectivity index (χ3n) is 4.00. The van der Waals surface area contributed by atoms with Gasteiger partial charge >= 0.3 is 5.97 Å². The lowest BCUT2D eigenvalue weighted by Crippen LogP contribution is -2.30. The number of carbonyl (C=O) groups is 1. The zero-order valence-electron chi connectivity index (χ0n) is 12.3. The van der Waals surface area contributed by atoms with Crippen LogP contribution in [0.4, 0.5) is 5.69 Å². The van der Waals surface area contributed by atoms with Gasteiger partial charge in [-0.15, -0.1) is 0 Å². The minimum Gasteiger partial charge on any atom is -0.480 e. The van der Waals surface area contributed by atoms with Crippen molar-refractivity contribution in [2.45, 2.75) is 45.1 Å². The zero-order chi connectivity index (χ0) is 14.7. The largest absolute Gasteiger partial charge is 0.480 e. The van der Waals surface area contributed by atoms with Crippen LogP contribution in [0.1, 0.15) is 56.2 Å². The Hall–Kier alpha value is -1.55. The van der Waals surface area contributed by atoms with Crippen molar-refractivity contribution in [3.63, 3.8) is 0 Å². The van der Waals surface area contributed by atoms with Gasteiger partial charge in [-0.05, 0) is 42.4 Å². The number of carboxylic acid groups (broad SMARTS) is 1. The standard InChI is InChI=1S/C16H24N2O2/c1-11(2)13-10-12(15(17)16(19)20)6-7-14(13)18-8-4-3-5-9-18/h6-7,10-11,15H,3-5,8-9,17H2,1-2H3,(H,19,20)/t15-/m0/s1. The van der Waals surface area contributed by atoms with Crippen LogP contribution in [0.15, 0.2) is 18.2 Å². The number of piperidine rings is 1. The molecule has 4 nitrogen and oxygen atoms in total. The maximum atomic E-state index is 11.0. The van der Waals surface area contributed by atoms with Crippen LogP contribution in [-0.4, -0.2) is 24.2 Å². The van der Waals surface area contributed by atoms with Crippen LogP contribution in [0, 0.1) is 0 Å². The Morgan fingerprint density at radius 3 is 2.45 bits per heavy atom. The van der Waals surface area contributed by atoms with Crippen molar-refractivity contribution in [3.05, 3.63) is 29.3 Å². The van der Waals surface area contributed by atoms with Gasteiger partial charge in [0.25, 0.3) is 0 Å². The Kier molecular flexibility index (Phi) is 4.65. The van der Waals surface area contributed by atoms with Crippen molar-refractivity contribution in [3.8, 4) is 0 Å². The monoisotopic (exact) mass is 276 g/mol. The molecule has 110 valence electrons. The molecule has 1 aliphatic heterocycles. The van der Waals surface area contributed by atoms with Gasteiger partial charge in [-0.1, -0.05) is 26.0 Å². The first-order valence-electron chi connectivity index (χ1n) is 7.38. The summed E-state index contributed by atoms with van der Waals surface area (Å²) in [5, 5.41) is 9.05. The molecule has 0 amide bonds. The number of hydrogen-bond acceptors (Lipinski definition) is 3. The average Bonchev–Trinajstić information content (AvgIpc) is 2.46. The Balaban J connectivity index is 2.35. The van der Waals surface area contributed by atoms with Gasteiger partial charge in [0.2, 0.25) is 0 Å². The summed E-state index contributed by atoms with van der Waals surface area (Å²) in [4.78, 5) is 13.4. The van der Waals surface area contributed by atoms with E-state index in [2.05, 4.69) is 18.7 Å². The number of carboxylic acids is 1. The van der Waals surface area contributed by atoms with Crippen LogP contribution < -0.4 is 10.6 Å². The van der Waals surface area contributed by atoms with Crippen molar-refractivity contribution in [1.29, 1.82) is 0 Å². The predicted molar refractivity (Wildman–Crippen MR) is 81.2 cm³/mol. The van der Waals surface area contributed by atoms with Crippen molar-refractivity contribution >= 4 is 11.7 Å². The normalized spacial score (nSPS) is 17.3. The van der Waals surface area contributed by atoms with E-state index < -0.39 is 12.0 Å². The van der Waals surface area contributed by atoms with Crippen LogP contribution in [-0.2, 0) is 4.79 Å². The maximum absolute atomic E-state index is 11.0. The van der Waals surface area contributed by atoms with E-state index in [1.165, 1.54) is 30.5 Å². The van der Waals surface area contributed by atoms with Gasteiger partial charge < -0.3 is 15.7 Å². The molecule has 0 aliphatic carbocycles. The van der Waals surface area contributed by atoms with Crippen LogP contribution in [0.25, 0.3) is 0 Å². The lowest BCUT2D eigenvalue weighted by molar-refractivity contribution is -0.138. The lowest BCUT2D eigenvalue weighted by atomic mass is 9.94. The molecule has 0 saturated carbocycles. The lowest BCUT2D eigenvalue weighted by Gasteiger charge is -2.32. The third-order valence-corrected chi connectivity index (χ3v) is 4.00. The van der Waals surface area contributed by atoms with E-state index >= 15 is 0 Å². The summed E-state index contributed by atoms with van der Waals surface area (Å²) in [6.07, 6.45) is 3.76. The van der Waals surface area contributed by atoms with Gasteiger partial charge in [-0.3, -0.25) is 4.79 Å². The summed E-state index contributed by atoms with van der Waals surface area (Å²) in [5.41, 5.74) is 8.84. The summed E-state index contributed by atoms with van der Waals surface area (Å²) >= 11 is 0. The minimum atomic E-state index is -0.981. The molecule has 1 aromatic carbocycles. The van der Waals surface area contributed by atoms with E-state index in [9.17, 15) is 4.79 Å². The van der Waals surface area contributed by atoms with Gasteiger partial charge in [-0.25, -0.2) is 0 Å². The molecule has 0 bridgehead atoms. The van der Waals surface area contributed by atoms with Crippen molar-refractivity contribution in [1.82, 2.24) is 0 Å². The van der Waals surface area contributed by atoms with Gasteiger partial charge in [0, 0.05) is 18.8 Å². The van der Waals surface area contributed by atoms with Gasteiger partial charge in [-0.2, -0.15) is 0 Å². The Morgan fingerprint density at radius 2 is 1.90 bits per heavy atom. The SMILES string of the molecule is CC(C)c1cc([C@H](N)C(=O)O)ccc1N1CCCCC1. The summed E-state index contributed by atoms with van der Waals surface area (Å²) in [7, 11) is 0. The molecular formula is C16H24N2O2. The number of anilines is 1. The summed E-state index contributed by atoms with van der Waals surface area (Å²) in [5.74, 6) is -0.627. The zero-order valence-corrected chi connectivity index (χ0v) is 12.3. The van der Waals surface area contributed by atoms with E-state index in [4.69, 9.17) is 10.8 Å². The van der Waals surface area contributed by atoms with Crippen molar-refractivity contribution < 1.29 is 9.90 Å². The van der Waals surface area contributed by atoms with Gasteiger partial charge in [0.05, 0.1) is 0 Å². The molecule has 1 aromatic rings. The molecule has 2 rings (SSSR count). The average molecular weight is 276 g/mol. The summed E-state index contributed by atoms with van der Waals surface area (Å²) in [6.45, 7) is 6.45. The first-order chi connectivity index (χ1) is 9.50. The molecule has 0 spiro atoms. The Labute approximate surface area is 120 Å². The second kappa shape index (κ2) is 6.27. The highest BCUT2D eigenvalue weighted by Gasteiger charge is 2.20. The quantitative estimate of drug-likeness (QED) is 0.887. The van der Waals surface area contributed by atoms with Crippen LogP contribution >= 0.6 is 0 Å². The summed E-state index contributed by atoms with van der Waals surface area (Å²) < 4.78 is 0. The van der Waals surface area contributed by atoms with E-state index in [0.717, 1.165) is 13.1 Å². The van der Waals surface area contributed by atoms with Crippen LogP contribution in [0.3, 0.4) is 0 Å². The number of nitrogens with two attached hydrogens (primary N) is 1. The molecule has 1 saturated heterocycles. The first kappa shape index (κ1) is 14.9. The molecule has 1 fully saturated rings. The minimum absolute atomic E-state index is 0.355. The van der Waals surface area contributed by atoms with Crippen molar-refractivity contribution in [2.24, 2.45) is 5.73 Å². The molecule has 3 N–H and O–H groups in total.